The van der Waals surface area contributed by atoms with Gasteiger partial charge in [0.15, 0.2) is 6.61 Å². The first-order valence-corrected chi connectivity index (χ1v) is 8.00. The Morgan fingerprint density at radius 1 is 1.21 bits per heavy atom. The lowest BCUT2D eigenvalue weighted by molar-refractivity contribution is -0.145. The molecule has 1 rings (SSSR count). The number of carbonyl (C=O) groups excluding carboxylic acids is 3. The first kappa shape index (κ1) is 20.3. The van der Waals surface area contributed by atoms with Crippen molar-refractivity contribution >= 4 is 41.0 Å². The van der Waals surface area contributed by atoms with Crippen LogP contribution in [0.2, 0.25) is 10.0 Å². The molecule has 0 aliphatic carbocycles. The topological polar surface area (TPSA) is 81.7 Å². The van der Waals surface area contributed by atoms with E-state index in [4.69, 9.17) is 27.9 Å². The second kappa shape index (κ2) is 9.49. The van der Waals surface area contributed by atoms with Crippen molar-refractivity contribution in [1.29, 1.82) is 0 Å². The number of benzene rings is 1. The van der Waals surface area contributed by atoms with Crippen molar-refractivity contribution < 1.29 is 23.9 Å². The van der Waals surface area contributed by atoms with Gasteiger partial charge in [-0.05, 0) is 24.5 Å². The summed E-state index contributed by atoms with van der Waals surface area (Å²) in [6, 6.07) is 3.71. The van der Waals surface area contributed by atoms with E-state index in [2.05, 4.69) is 10.1 Å². The minimum Gasteiger partial charge on any atom is -0.467 e. The molecule has 1 amide bonds. The summed E-state index contributed by atoms with van der Waals surface area (Å²) in [4.78, 5) is 35.5. The van der Waals surface area contributed by atoms with Crippen LogP contribution in [0.4, 0.5) is 0 Å². The number of methoxy groups -OCH3 is 1. The van der Waals surface area contributed by atoms with Crippen LogP contribution >= 0.6 is 23.2 Å². The Morgan fingerprint density at radius 2 is 1.88 bits per heavy atom. The Kier molecular flexibility index (Phi) is 8.01. The molecule has 0 radical (unpaired) electrons. The van der Waals surface area contributed by atoms with E-state index in [1.54, 1.807) is 6.07 Å². The van der Waals surface area contributed by atoms with Gasteiger partial charge in [0.2, 0.25) is 0 Å². The molecule has 1 atom stereocenters. The first-order valence-electron chi connectivity index (χ1n) is 7.24. The number of hydrogen-bond donors (Lipinski definition) is 1. The van der Waals surface area contributed by atoms with Gasteiger partial charge < -0.3 is 14.8 Å². The van der Waals surface area contributed by atoms with Gasteiger partial charge >= 0.3 is 11.9 Å². The third-order valence-electron chi connectivity index (χ3n) is 3.03. The molecule has 0 unspecified atom stereocenters. The quantitative estimate of drug-likeness (QED) is 0.740. The second-order valence-electron chi connectivity index (χ2n) is 5.45. The van der Waals surface area contributed by atoms with Gasteiger partial charge in [0.1, 0.15) is 6.04 Å². The Hall–Kier alpha value is -1.79. The summed E-state index contributed by atoms with van der Waals surface area (Å²) < 4.78 is 9.54. The van der Waals surface area contributed by atoms with Crippen molar-refractivity contribution in [1.82, 2.24) is 5.32 Å². The van der Waals surface area contributed by atoms with Gasteiger partial charge in [-0.15, -0.1) is 0 Å². The monoisotopic (exact) mass is 375 g/mol. The summed E-state index contributed by atoms with van der Waals surface area (Å²) in [5.74, 6) is -1.78. The summed E-state index contributed by atoms with van der Waals surface area (Å²) >= 11 is 11.7. The molecule has 6 nitrogen and oxygen atoms in total. The second-order valence-corrected chi connectivity index (χ2v) is 6.24. The number of nitrogens with one attached hydrogen (secondary N) is 1. The van der Waals surface area contributed by atoms with Crippen molar-refractivity contribution in [2.45, 2.75) is 26.3 Å². The van der Waals surface area contributed by atoms with Crippen molar-refractivity contribution in [2.75, 3.05) is 13.7 Å². The lowest BCUT2D eigenvalue weighted by Gasteiger charge is -2.18. The molecule has 0 fully saturated rings. The van der Waals surface area contributed by atoms with Crippen molar-refractivity contribution in [3.63, 3.8) is 0 Å². The number of ether oxygens (including phenoxy) is 2. The van der Waals surface area contributed by atoms with Crippen molar-refractivity contribution in [2.24, 2.45) is 5.92 Å². The van der Waals surface area contributed by atoms with Gasteiger partial charge in [0.25, 0.3) is 5.91 Å². The van der Waals surface area contributed by atoms with E-state index >= 15 is 0 Å². The number of amides is 1. The smallest absolute Gasteiger partial charge is 0.340 e. The van der Waals surface area contributed by atoms with Gasteiger partial charge in [-0.1, -0.05) is 43.1 Å². The Labute approximate surface area is 150 Å². The minimum atomic E-state index is -0.795. The maximum Gasteiger partial charge on any atom is 0.340 e. The molecule has 24 heavy (non-hydrogen) atoms. The molecule has 1 N–H and O–H groups in total. The summed E-state index contributed by atoms with van der Waals surface area (Å²) in [7, 11) is 1.24. The van der Waals surface area contributed by atoms with Gasteiger partial charge in [-0.25, -0.2) is 9.59 Å². The molecular formula is C16H19Cl2NO5. The standard InChI is InChI=1S/C16H19Cl2NO5/c1-9(2)7-12(16(22)23-3)19-13(20)8-24-15(21)10-5-4-6-11(17)14(10)18/h4-6,9,12H,7-8H2,1-3H3,(H,19,20)/t12-/m0/s1. The Bertz CT molecular complexity index is 618. The summed E-state index contributed by atoms with van der Waals surface area (Å²) in [6.07, 6.45) is 0.409. The van der Waals surface area contributed by atoms with Gasteiger partial charge in [-0.3, -0.25) is 4.79 Å². The third kappa shape index (κ3) is 6.02. The summed E-state index contributed by atoms with van der Waals surface area (Å²) in [5, 5.41) is 2.74. The maximum atomic E-state index is 11.9. The van der Waals surface area contributed by atoms with E-state index in [-0.39, 0.29) is 21.5 Å². The van der Waals surface area contributed by atoms with E-state index in [9.17, 15) is 14.4 Å². The van der Waals surface area contributed by atoms with Crippen LogP contribution in [-0.2, 0) is 19.1 Å². The number of rotatable bonds is 7. The fraction of sp³-hybridized carbons (Fsp3) is 0.438. The molecule has 1 aromatic rings. The molecule has 0 spiro atoms. The van der Waals surface area contributed by atoms with E-state index in [1.807, 2.05) is 13.8 Å². The molecule has 1 aromatic carbocycles. The molecule has 8 heteroatoms. The molecule has 0 aliphatic rings. The molecule has 0 heterocycles. The zero-order valence-corrected chi connectivity index (χ0v) is 15.1. The highest BCUT2D eigenvalue weighted by Crippen LogP contribution is 2.25. The average molecular weight is 376 g/mol. The van der Waals surface area contributed by atoms with Crippen LogP contribution in [0, 0.1) is 5.92 Å². The van der Waals surface area contributed by atoms with Gasteiger partial charge in [0.05, 0.1) is 22.7 Å². The first-order chi connectivity index (χ1) is 11.3. The average Bonchev–Trinajstić information content (AvgIpc) is 2.53. The highest BCUT2D eigenvalue weighted by atomic mass is 35.5. The van der Waals surface area contributed by atoms with Crippen LogP contribution in [0.5, 0.6) is 0 Å². The molecule has 0 aliphatic heterocycles. The van der Waals surface area contributed by atoms with Crippen LogP contribution in [0.3, 0.4) is 0 Å². The van der Waals surface area contributed by atoms with Crippen LogP contribution in [0.25, 0.3) is 0 Å². The van der Waals surface area contributed by atoms with E-state index in [0.717, 1.165) is 0 Å². The number of carbonyl (C=O) groups is 3. The van der Waals surface area contributed by atoms with E-state index in [1.165, 1.54) is 19.2 Å². The van der Waals surface area contributed by atoms with E-state index < -0.39 is 30.5 Å². The SMILES string of the molecule is COC(=O)[C@H](CC(C)C)NC(=O)COC(=O)c1cccc(Cl)c1Cl. The van der Waals surface area contributed by atoms with E-state index in [0.29, 0.717) is 6.42 Å². The zero-order valence-electron chi connectivity index (χ0n) is 13.6. The fourth-order valence-corrected chi connectivity index (χ4v) is 2.31. The predicted octanol–water partition coefficient (Wildman–Crippen LogP) is 2.85. The zero-order chi connectivity index (χ0) is 18.3. The molecule has 0 saturated carbocycles. The molecule has 0 bridgehead atoms. The molecule has 0 aromatic heterocycles. The summed E-state index contributed by atoms with van der Waals surface area (Å²) in [6.45, 7) is 3.26. The Balaban J connectivity index is 2.62. The Morgan fingerprint density at radius 3 is 2.46 bits per heavy atom. The van der Waals surface area contributed by atoms with Crippen LogP contribution in [-0.4, -0.2) is 37.6 Å². The van der Waals surface area contributed by atoms with Crippen molar-refractivity contribution in [3.8, 4) is 0 Å². The van der Waals surface area contributed by atoms with Gasteiger partial charge in [0, 0.05) is 0 Å². The number of halogens is 2. The fourth-order valence-electron chi connectivity index (χ4n) is 1.93. The third-order valence-corrected chi connectivity index (χ3v) is 3.85. The van der Waals surface area contributed by atoms with Gasteiger partial charge in [-0.2, -0.15) is 0 Å². The largest absolute Gasteiger partial charge is 0.467 e. The maximum absolute atomic E-state index is 11.9. The molecular weight excluding hydrogens is 357 g/mol. The number of esters is 2. The molecule has 0 saturated heterocycles. The van der Waals surface area contributed by atoms with Crippen LogP contribution in [0.15, 0.2) is 18.2 Å². The number of hydrogen-bond acceptors (Lipinski definition) is 5. The highest BCUT2D eigenvalue weighted by molar-refractivity contribution is 6.43. The van der Waals surface area contributed by atoms with Crippen LogP contribution in [0.1, 0.15) is 30.6 Å². The van der Waals surface area contributed by atoms with Crippen molar-refractivity contribution in [3.05, 3.63) is 33.8 Å². The lowest BCUT2D eigenvalue weighted by atomic mass is 10.0. The predicted molar refractivity (Wildman–Crippen MR) is 90.1 cm³/mol. The minimum absolute atomic E-state index is 0.0526. The lowest BCUT2D eigenvalue weighted by Crippen LogP contribution is -2.44. The molecule has 132 valence electrons. The van der Waals surface area contributed by atoms with Crippen LogP contribution < -0.4 is 5.32 Å². The highest BCUT2D eigenvalue weighted by Gasteiger charge is 2.23. The normalized spacial score (nSPS) is 11.8. The summed E-state index contributed by atoms with van der Waals surface area (Å²) in [5.41, 5.74) is 0.0589.